The number of benzene rings is 1. The Labute approximate surface area is 176 Å². The Kier molecular flexibility index (Phi) is 8.72. The van der Waals surface area contributed by atoms with Crippen molar-refractivity contribution >= 4 is 21.8 Å². The Bertz CT molecular complexity index is 852. The third-order valence-corrected chi connectivity index (χ3v) is 6.81. The number of carbonyl (C=O) groups excluding carboxylic acids is 2. The van der Waals surface area contributed by atoms with Gasteiger partial charge in [0.1, 0.15) is 0 Å². The summed E-state index contributed by atoms with van der Waals surface area (Å²) < 4.78 is 52.6. The number of likely N-dealkylation sites (tertiary alicyclic amines) is 1. The van der Waals surface area contributed by atoms with E-state index in [1.165, 1.54) is 0 Å². The SMILES string of the molecule is CCC(CC)C(=O)N1CCC(NC(=O)CCNS(=O)(=O)c2ccc(F)c(F)c2)CC1. The van der Waals surface area contributed by atoms with Gasteiger partial charge in [0, 0.05) is 38.0 Å². The van der Waals surface area contributed by atoms with Crippen LogP contribution in [0.1, 0.15) is 46.0 Å². The summed E-state index contributed by atoms with van der Waals surface area (Å²) in [5.74, 6) is -2.51. The molecule has 0 unspecified atom stereocenters. The van der Waals surface area contributed by atoms with Crippen LogP contribution in [-0.4, -0.2) is 50.8 Å². The Morgan fingerprint density at radius 2 is 1.77 bits per heavy atom. The molecule has 1 fully saturated rings. The minimum absolute atomic E-state index is 0.0405. The number of piperidine rings is 1. The summed E-state index contributed by atoms with van der Waals surface area (Å²) >= 11 is 0. The van der Waals surface area contributed by atoms with Gasteiger partial charge in [-0.25, -0.2) is 21.9 Å². The van der Waals surface area contributed by atoms with Crippen LogP contribution in [0.15, 0.2) is 23.1 Å². The van der Waals surface area contributed by atoms with Crippen LogP contribution < -0.4 is 10.0 Å². The van der Waals surface area contributed by atoms with Crippen LogP contribution in [0.5, 0.6) is 0 Å². The fourth-order valence-electron chi connectivity index (χ4n) is 3.47. The first-order chi connectivity index (χ1) is 14.2. The van der Waals surface area contributed by atoms with Gasteiger partial charge in [-0.3, -0.25) is 9.59 Å². The lowest BCUT2D eigenvalue weighted by Gasteiger charge is -2.34. The van der Waals surface area contributed by atoms with Crippen molar-refractivity contribution in [3.63, 3.8) is 0 Å². The molecule has 2 rings (SSSR count). The minimum Gasteiger partial charge on any atom is -0.353 e. The Morgan fingerprint density at radius 3 is 2.33 bits per heavy atom. The Balaban J connectivity index is 1.75. The molecule has 1 aromatic carbocycles. The normalized spacial score (nSPS) is 15.4. The molecule has 2 N–H and O–H groups in total. The monoisotopic (exact) mass is 445 g/mol. The quantitative estimate of drug-likeness (QED) is 0.609. The summed E-state index contributed by atoms with van der Waals surface area (Å²) in [5, 5.41) is 2.86. The third kappa shape index (κ3) is 6.46. The molecule has 0 spiro atoms. The lowest BCUT2D eigenvalue weighted by Crippen LogP contribution is -2.48. The standard InChI is InChI=1S/C20H29F2N3O4S/c1-3-14(4-2)20(27)25-11-8-15(9-12-25)24-19(26)7-10-23-30(28,29)16-5-6-17(21)18(22)13-16/h5-6,13-15,23H,3-4,7-12H2,1-2H3,(H,24,26). The van der Waals surface area contributed by atoms with E-state index in [4.69, 9.17) is 0 Å². The summed E-state index contributed by atoms with van der Waals surface area (Å²) in [7, 11) is -4.04. The molecule has 0 saturated carbocycles. The number of nitrogens with zero attached hydrogens (tertiary/aromatic N) is 1. The molecular weight excluding hydrogens is 416 g/mol. The predicted octanol–water partition coefficient (Wildman–Crippen LogP) is 2.18. The van der Waals surface area contributed by atoms with Crippen molar-refractivity contribution in [1.29, 1.82) is 0 Å². The zero-order valence-corrected chi connectivity index (χ0v) is 18.1. The maximum Gasteiger partial charge on any atom is 0.240 e. The molecule has 0 radical (unpaired) electrons. The Hall–Kier alpha value is -2.07. The second-order valence-electron chi connectivity index (χ2n) is 7.40. The van der Waals surface area contributed by atoms with Crippen molar-refractivity contribution in [2.75, 3.05) is 19.6 Å². The van der Waals surface area contributed by atoms with E-state index in [0.29, 0.717) is 32.0 Å². The maximum absolute atomic E-state index is 13.2. The smallest absolute Gasteiger partial charge is 0.240 e. The summed E-state index contributed by atoms with van der Waals surface area (Å²) in [6.45, 7) is 5.00. The van der Waals surface area contributed by atoms with Gasteiger partial charge < -0.3 is 10.2 Å². The number of amides is 2. The van der Waals surface area contributed by atoms with Crippen LogP contribution in [-0.2, 0) is 19.6 Å². The van der Waals surface area contributed by atoms with E-state index in [2.05, 4.69) is 10.0 Å². The summed E-state index contributed by atoms with van der Waals surface area (Å²) in [6, 6.07) is 2.22. The molecule has 0 aliphatic carbocycles. The molecule has 10 heteroatoms. The Morgan fingerprint density at radius 1 is 1.13 bits per heavy atom. The van der Waals surface area contributed by atoms with Gasteiger partial charge >= 0.3 is 0 Å². The highest BCUT2D eigenvalue weighted by atomic mass is 32.2. The number of halogens is 2. The van der Waals surface area contributed by atoms with Gasteiger partial charge in [-0.1, -0.05) is 13.8 Å². The highest BCUT2D eigenvalue weighted by Gasteiger charge is 2.27. The van der Waals surface area contributed by atoms with Gasteiger partial charge in [-0.15, -0.1) is 0 Å². The van der Waals surface area contributed by atoms with Crippen LogP contribution in [0.4, 0.5) is 8.78 Å². The first-order valence-electron chi connectivity index (χ1n) is 10.2. The number of carbonyl (C=O) groups is 2. The van der Waals surface area contributed by atoms with Gasteiger partial charge in [-0.05, 0) is 43.9 Å². The van der Waals surface area contributed by atoms with Crippen molar-refractivity contribution in [3.8, 4) is 0 Å². The van der Waals surface area contributed by atoms with E-state index in [-0.39, 0.29) is 36.7 Å². The first-order valence-corrected chi connectivity index (χ1v) is 11.7. The van der Waals surface area contributed by atoms with Crippen molar-refractivity contribution in [2.24, 2.45) is 5.92 Å². The van der Waals surface area contributed by atoms with E-state index in [9.17, 15) is 26.8 Å². The molecule has 0 bridgehead atoms. The van der Waals surface area contributed by atoms with Crippen molar-refractivity contribution < 1.29 is 26.8 Å². The van der Waals surface area contributed by atoms with Gasteiger partial charge in [0.25, 0.3) is 0 Å². The fourth-order valence-corrected chi connectivity index (χ4v) is 4.51. The van der Waals surface area contributed by atoms with Crippen LogP contribution in [0, 0.1) is 17.6 Å². The highest BCUT2D eigenvalue weighted by Crippen LogP contribution is 2.17. The van der Waals surface area contributed by atoms with E-state index in [1.807, 2.05) is 18.7 Å². The van der Waals surface area contributed by atoms with Crippen LogP contribution >= 0.6 is 0 Å². The number of hydrogen-bond donors (Lipinski definition) is 2. The summed E-state index contributed by atoms with van der Waals surface area (Å²) in [4.78, 5) is 26.0. The number of sulfonamides is 1. The van der Waals surface area contributed by atoms with E-state index >= 15 is 0 Å². The summed E-state index contributed by atoms with van der Waals surface area (Å²) in [5.41, 5.74) is 0. The molecule has 168 valence electrons. The lowest BCUT2D eigenvalue weighted by atomic mass is 9.98. The molecule has 30 heavy (non-hydrogen) atoms. The van der Waals surface area contributed by atoms with E-state index in [1.54, 1.807) is 0 Å². The molecule has 7 nitrogen and oxygen atoms in total. The zero-order chi connectivity index (χ0) is 22.3. The van der Waals surface area contributed by atoms with Crippen molar-refractivity contribution in [1.82, 2.24) is 14.9 Å². The molecule has 1 aromatic rings. The first kappa shape index (κ1) is 24.2. The van der Waals surface area contributed by atoms with E-state index in [0.717, 1.165) is 25.0 Å². The number of hydrogen-bond acceptors (Lipinski definition) is 4. The fraction of sp³-hybridized carbons (Fsp3) is 0.600. The number of rotatable bonds is 9. The molecule has 1 aliphatic rings. The van der Waals surface area contributed by atoms with Gasteiger partial charge in [0.05, 0.1) is 4.90 Å². The molecular formula is C20H29F2N3O4S. The molecule has 1 aliphatic heterocycles. The summed E-state index contributed by atoms with van der Waals surface area (Å²) in [6.07, 6.45) is 2.84. The highest BCUT2D eigenvalue weighted by molar-refractivity contribution is 7.89. The molecule has 2 amide bonds. The lowest BCUT2D eigenvalue weighted by molar-refractivity contribution is -0.137. The van der Waals surface area contributed by atoms with Crippen molar-refractivity contribution in [3.05, 3.63) is 29.8 Å². The molecule has 0 atom stereocenters. The second kappa shape index (κ2) is 10.8. The van der Waals surface area contributed by atoms with Crippen molar-refractivity contribution in [2.45, 2.75) is 56.9 Å². The largest absolute Gasteiger partial charge is 0.353 e. The van der Waals surface area contributed by atoms with E-state index < -0.39 is 26.6 Å². The van der Waals surface area contributed by atoms with Gasteiger partial charge in [0.15, 0.2) is 11.6 Å². The minimum atomic E-state index is -4.04. The van der Waals surface area contributed by atoms with Gasteiger partial charge in [-0.2, -0.15) is 0 Å². The average molecular weight is 446 g/mol. The zero-order valence-electron chi connectivity index (χ0n) is 17.3. The molecule has 1 heterocycles. The average Bonchev–Trinajstić information content (AvgIpc) is 2.71. The third-order valence-electron chi connectivity index (χ3n) is 5.35. The van der Waals surface area contributed by atoms with Crippen LogP contribution in [0.25, 0.3) is 0 Å². The number of nitrogens with one attached hydrogen (secondary N) is 2. The van der Waals surface area contributed by atoms with Gasteiger partial charge in [0.2, 0.25) is 21.8 Å². The molecule has 1 saturated heterocycles. The molecule has 0 aromatic heterocycles. The topological polar surface area (TPSA) is 95.6 Å². The van der Waals surface area contributed by atoms with Crippen LogP contribution in [0.3, 0.4) is 0 Å². The predicted molar refractivity (Wildman–Crippen MR) is 108 cm³/mol. The maximum atomic E-state index is 13.2. The van der Waals surface area contributed by atoms with Crippen LogP contribution in [0.2, 0.25) is 0 Å². The second-order valence-corrected chi connectivity index (χ2v) is 9.17.